The fraction of sp³-hybridized carbons (Fsp3) is 0.286. The first-order valence-electron chi connectivity index (χ1n) is 5.88. The molecule has 1 heterocycles. The Morgan fingerprint density at radius 1 is 1.26 bits per heavy atom. The first kappa shape index (κ1) is 13.1. The average molecular weight is 257 g/mol. The van der Waals surface area contributed by atoms with E-state index in [1.54, 1.807) is 18.2 Å². The lowest BCUT2D eigenvalue weighted by Gasteiger charge is -2.30. The number of ether oxygens (including phenoxy) is 1. The summed E-state index contributed by atoms with van der Waals surface area (Å²) < 4.78 is 18.6. The molecule has 1 aliphatic heterocycles. The summed E-state index contributed by atoms with van der Waals surface area (Å²) in [6, 6.07) is 7.94. The number of nitrogens with zero attached hydrogens (tertiary/aromatic N) is 3. The Kier molecular flexibility index (Phi) is 4.12. The Labute approximate surface area is 110 Å². The molecular formula is C14H12FN3O. The first-order chi connectivity index (χ1) is 9.24. The van der Waals surface area contributed by atoms with Crippen LogP contribution in [0, 0.1) is 28.5 Å². The Morgan fingerprint density at radius 2 is 1.95 bits per heavy atom. The summed E-state index contributed by atoms with van der Waals surface area (Å²) >= 11 is 0. The predicted octanol–water partition coefficient (Wildman–Crippen LogP) is 2.09. The summed E-state index contributed by atoms with van der Waals surface area (Å²) in [7, 11) is 0. The van der Waals surface area contributed by atoms with Gasteiger partial charge in [0, 0.05) is 24.3 Å². The Morgan fingerprint density at radius 3 is 2.58 bits per heavy atom. The molecule has 0 amide bonds. The molecule has 1 aliphatic rings. The number of benzene rings is 1. The predicted molar refractivity (Wildman–Crippen MR) is 68.6 cm³/mol. The molecule has 0 atom stereocenters. The van der Waals surface area contributed by atoms with Gasteiger partial charge in [0.1, 0.15) is 23.5 Å². The van der Waals surface area contributed by atoms with Crippen molar-refractivity contribution in [2.45, 2.75) is 0 Å². The molecule has 1 aromatic carbocycles. The van der Waals surface area contributed by atoms with E-state index in [4.69, 9.17) is 15.3 Å². The third kappa shape index (κ3) is 3.09. The lowest BCUT2D eigenvalue weighted by molar-refractivity contribution is 0.122. The molecule has 4 nitrogen and oxygen atoms in total. The highest BCUT2D eigenvalue weighted by Gasteiger charge is 2.14. The van der Waals surface area contributed by atoms with Gasteiger partial charge in [-0.25, -0.2) is 4.39 Å². The molecule has 0 radical (unpaired) electrons. The van der Waals surface area contributed by atoms with Crippen molar-refractivity contribution in [2.75, 3.05) is 31.2 Å². The minimum atomic E-state index is -0.390. The molecule has 19 heavy (non-hydrogen) atoms. The van der Waals surface area contributed by atoms with E-state index in [2.05, 4.69) is 4.90 Å². The third-order valence-corrected chi connectivity index (χ3v) is 2.88. The van der Waals surface area contributed by atoms with Gasteiger partial charge in [0.25, 0.3) is 0 Å². The maximum Gasteiger partial charge on any atom is 0.130 e. The summed E-state index contributed by atoms with van der Waals surface area (Å²) in [6.45, 7) is 2.65. The number of rotatable bonds is 2. The van der Waals surface area contributed by atoms with E-state index < -0.39 is 5.82 Å². The molecule has 1 saturated heterocycles. The zero-order valence-electron chi connectivity index (χ0n) is 10.3. The number of allylic oxidation sites excluding steroid dienone is 1. The standard InChI is InChI=1S/C14H12FN3O/c15-13-1-2-14(18-3-5-19-6-4-18)12(8-13)7-11(9-16)10-17/h1-2,7-8H,3-6H2. The van der Waals surface area contributed by atoms with Crippen LogP contribution in [0.5, 0.6) is 0 Å². The van der Waals surface area contributed by atoms with Crippen molar-refractivity contribution in [3.8, 4) is 12.1 Å². The van der Waals surface area contributed by atoms with Gasteiger partial charge in [-0.15, -0.1) is 0 Å². The van der Waals surface area contributed by atoms with Crippen LogP contribution in [0.3, 0.4) is 0 Å². The van der Waals surface area contributed by atoms with Gasteiger partial charge < -0.3 is 9.64 Å². The summed E-state index contributed by atoms with van der Waals surface area (Å²) in [5, 5.41) is 17.6. The van der Waals surface area contributed by atoms with Crippen LogP contribution in [-0.4, -0.2) is 26.3 Å². The molecule has 1 aromatic rings. The van der Waals surface area contributed by atoms with Crippen molar-refractivity contribution >= 4 is 11.8 Å². The number of halogens is 1. The number of anilines is 1. The first-order valence-corrected chi connectivity index (χ1v) is 5.88. The number of hydrogen-bond acceptors (Lipinski definition) is 4. The SMILES string of the molecule is N#CC(C#N)=Cc1cc(F)ccc1N1CCOCC1. The molecule has 2 rings (SSSR count). The van der Waals surface area contributed by atoms with Crippen LogP contribution < -0.4 is 4.90 Å². The molecule has 0 aliphatic carbocycles. The third-order valence-electron chi connectivity index (χ3n) is 2.88. The molecule has 0 N–H and O–H groups in total. The largest absolute Gasteiger partial charge is 0.378 e. The zero-order valence-corrected chi connectivity index (χ0v) is 10.3. The lowest BCUT2D eigenvalue weighted by Crippen LogP contribution is -2.36. The van der Waals surface area contributed by atoms with Gasteiger partial charge >= 0.3 is 0 Å². The monoisotopic (exact) mass is 257 g/mol. The quantitative estimate of drug-likeness (QED) is 0.761. The van der Waals surface area contributed by atoms with Crippen molar-refractivity contribution in [1.82, 2.24) is 0 Å². The van der Waals surface area contributed by atoms with E-state index in [0.29, 0.717) is 31.9 Å². The lowest BCUT2D eigenvalue weighted by atomic mass is 10.1. The van der Waals surface area contributed by atoms with Crippen molar-refractivity contribution in [2.24, 2.45) is 0 Å². The summed E-state index contributed by atoms with van der Waals surface area (Å²) in [5.74, 6) is -0.390. The molecule has 0 bridgehead atoms. The second kappa shape index (κ2) is 5.99. The Hall–Kier alpha value is -2.37. The molecule has 1 fully saturated rings. The smallest absolute Gasteiger partial charge is 0.130 e. The van der Waals surface area contributed by atoms with Crippen LogP contribution in [0.25, 0.3) is 6.08 Å². The van der Waals surface area contributed by atoms with Crippen LogP contribution in [0.4, 0.5) is 10.1 Å². The van der Waals surface area contributed by atoms with Gasteiger partial charge in [-0.3, -0.25) is 0 Å². The highest BCUT2D eigenvalue weighted by Crippen LogP contribution is 2.25. The highest BCUT2D eigenvalue weighted by molar-refractivity contribution is 5.73. The maximum atomic E-state index is 13.3. The van der Waals surface area contributed by atoms with E-state index >= 15 is 0 Å². The Bertz CT molecular complexity index is 561. The Balaban J connectivity index is 2.41. The van der Waals surface area contributed by atoms with Crippen LogP contribution in [0.15, 0.2) is 23.8 Å². The summed E-state index contributed by atoms with van der Waals surface area (Å²) in [5.41, 5.74) is 1.31. The van der Waals surface area contributed by atoms with Crippen LogP contribution in [0.2, 0.25) is 0 Å². The second-order valence-corrected chi connectivity index (χ2v) is 4.08. The fourth-order valence-corrected chi connectivity index (χ4v) is 1.98. The van der Waals surface area contributed by atoms with Gasteiger partial charge in [-0.2, -0.15) is 10.5 Å². The molecular weight excluding hydrogens is 245 g/mol. The van der Waals surface area contributed by atoms with Gasteiger partial charge in [-0.05, 0) is 24.3 Å². The van der Waals surface area contributed by atoms with Gasteiger partial charge in [-0.1, -0.05) is 0 Å². The fourth-order valence-electron chi connectivity index (χ4n) is 1.98. The van der Waals surface area contributed by atoms with E-state index in [1.165, 1.54) is 18.2 Å². The summed E-state index contributed by atoms with van der Waals surface area (Å²) in [6.07, 6.45) is 1.41. The zero-order chi connectivity index (χ0) is 13.7. The normalized spacial score (nSPS) is 14.4. The molecule has 5 heteroatoms. The van der Waals surface area contributed by atoms with Crippen molar-refractivity contribution in [1.29, 1.82) is 10.5 Å². The van der Waals surface area contributed by atoms with Crippen LogP contribution in [-0.2, 0) is 4.74 Å². The average Bonchev–Trinajstić information content (AvgIpc) is 2.46. The van der Waals surface area contributed by atoms with Gasteiger partial charge in [0.15, 0.2) is 0 Å². The van der Waals surface area contributed by atoms with E-state index in [-0.39, 0.29) is 5.57 Å². The van der Waals surface area contributed by atoms with Gasteiger partial charge in [0.05, 0.1) is 13.2 Å². The molecule has 0 saturated carbocycles. The van der Waals surface area contributed by atoms with Crippen molar-refractivity contribution in [3.05, 3.63) is 35.2 Å². The molecule has 0 unspecified atom stereocenters. The maximum absolute atomic E-state index is 13.3. The highest BCUT2D eigenvalue weighted by atomic mass is 19.1. The number of morpholine rings is 1. The van der Waals surface area contributed by atoms with E-state index in [9.17, 15) is 4.39 Å². The van der Waals surface area contributed by atoms with E-state index in [1.807, 2.05) is 0 Å². The number of hydrogen-bond donors (Lipinski definition) is 0. The minimum absolute atomic E-state index is 0.0416. The van der Waals surface area contributed by atoms with Crippen LogP contribution >= 0.6 is 0 Å². The van der Waals surface area contributed by atoms with Crippen molar-refractivity contribution < 1.29 is 9.13 Å². The topological polar surface area (TPSA) is 60.0 Å². The molecule has 96 valence electrons. The molecule has 0 spiro atoms. The number of nitriles is 2. The van der Waals surface area contributed by atoms with Crippen LogP contribution in [0.1, 0.15) is 5.56 Å². The second-order valence-electron chi connectivity index (χ2n) is 4.08. The van der Waals surface area contributed by atoms with E-state index in [0.717, 1.165) is 5.69 Å². The minimum Gasteiger partial charge on any atom is -0.378 e. The van der Waals surface area contributed by atoms with Crippen molar-refractivity contribution in [3.63, 3.8) is 0 Å². The summed E-state index contributed by atoms with van der Waals surface area (Å²) in [4.78, 5) is 2.06. The molecule has 0 aromatic heterocycles. The van der Waals surface area contributed by atoms with Gasteiger partial charge in [0.2, 0.25) is 0 Å².